The van der Waals surface area contributed by atoms with E-state index in [1.807, 2.05) is 0 Å². The molecule has 1 N–H and O–H groups in total. The van der Waals surface area contributed by atoms with Gasteiger partial charge >= 0.3 is 0 Å². The Morgan fingerprint density at radius 3 is 2.13 bits per heavy atom. The average molecular weight is 437 g/mol. The third-order valence-corrected chi connectivity index (χ3v) is 5.34. The van der Waals surface area contributed by atoms with Crippen LogP contribution in [0.5, 0.6) is 0 Å². The third-order valence-electron chi connectivity index (χ3n) is 4.92. The molecule has 0 heterocycles. The highest BCUT2D eigenvalue weighted by Gasteiger charge is 2.34. The van der Waals surface area contributed by atoms with Crippen LogP contribution < -0.4 is 9.74 Å². The molecule has 1 aliphatic carbocycles. The Kier molecular flexibility index (Phi) is 5.12. The molecule has 4 rings (SSSR count). The van der Waals surface area contributed by atoms with Crippen LogP contribution in [0.25, 0.3) is 0 Å². The normalized spacial score (nSPS) is 12.1. The number of ketones is 2. The van der Waals surface area contributed by atoms with Gasteiger partial charge in [0.1, 0.15) is 5.82 Å². The first kappa shape index (κ1) is 20.4. The Morgan fingerprint density at radius 2 is 1.48 bits per heavy atom. The first-order valence-electron chi connectivity index (χ1n) is 9.19. The van der Waals surface area contributed by atoms with Crippen LogP contribution in [0, 0.1) is 5.82 Å². The maximum Gasteiger partial charge on any atom is 0.258 e. The summed E-state index contributed by atoms with van der Waals surface area (Å²) in [6, 6.07) is 14.3. The number of anilines is 2. The molecular weight excluding hydrogens is 423 g/mol. The number of halogens is 2. The molecule has 0 aromatic heterocycles. The summed E-state index contributed by atoms with van der Waals surface area (Å²) >= 11 is 6.10. The molecule has 6 nitrogen and oxygen atoms in total. The van der Waals surface area contributed by atoms with Crippen LogP contribution >= 0.6 is 11.8 Å². The predicted octanol–water partition coefficient (Wildman–Crippen LogP) is 4.36. The van der Waals surface area contributed by atoms with Gasteiger partial charge < -0.3 is 5.32 Å². The molecule has 3 aromatic rings. The Morgan fingerprint density at radius 1 is 0.871 bits per heavy atom. The van der Waals surface area contributed by atoms with E-state index in [1.165, 1.54) is 49.4 Å². The van der Waals surface area contributed by atoms with Crippen molar-refractivity contribution in [3.05, 3.63) is 94.3 Å². The molecule has 154 valence electrons. The van der Waals surface area contributed by atoms with E-state index in [0.717, 1.165) is 10.5 Å². The van der Waals surface area contributed by atoms with E-state index in [0.29, 0.717) is 0 Å². The number of hydrogen-bond acceptors (Lipinski definition) is 4. The Hall–Kier alpha value is -3.84. The molecule has 31 heavy (non-hydrogen) atoms. The summed E-state index contributed by atoms with van der Waals surface area (Å²) in [5.41, 5.74) is -0.120. The van der Waals surface area contributed by atoms with Crippen molar-refractivity contribution in [2.75, 3.05) is 9.74 Å². The molecule has 0 aliphatic heterocycles. The van der Waals surface area contributed by atoms with Crippen LogP contribution in [0.2, 0.25) is 0 Å². The molecule has 8 heteroatoms. The summed E-state index contributed by atoms with van der Waals surface area (Å²) in [5, 5.41) is 2.48. The zero-order valence-corrected chi connectivity index (χ0v) is 16.9. The highest BCUT2D eigenvalue weighted by molar-refractivity contribution is 6.39. The Labute approximate surface area is 181 Å². The van der Waals surface area contributed by atoms with Crippen molar-refractivity contribution >= 4 is 46.5 Å². The first-order valence-corrected chi connectivity index (χ1v) is 9.53. The summed E-state index contributed by atoms with van der Waals surface area (Å²) in [5.74, 6) is -3.15. The minimum absolute atomic E-state index is 0.0156. The predicted molar refractivity (Wildman–Crippen MR) is 113 cm³/mol. The van der Waals surface area contributed by atoms with Crippen LogP contribution in [0.1, 0.15) is 49.1 Å². The summed E-state index contributed by atoms with van der Waals surface area (Å²) in [4.78, 5) is 51.0. The van der Waals surface area contributed by atoms with Crippen molar-refractivity contribution in [2.24, 2.45) is 0 Å². The number of rotatable bonds is 3. The Balaban J connectivity index is 1.93. The van der Waals surface area contributed by atoms with Gasteiger partial charge in [0.05, 0.1) is 22.5 Å². The van der Waals surface area contributed by atoms with Crippen molar-refractivity contribution in [3.8, 4) is 0 Å². The van der Waals surface area contributed by atoms with Crippen molar-refractivity contribution in [3.63, 3.8) is 0 Å². The summed E-state index contributed by atoms with van der Waals surface area (Å²) in [7, 11) is 0. The van der Waals surface area contributed by atoms with E-state index < -0.39 is 29.2 Å². The summed E-state index contributed by atoms with van der Waals surface area (Å²) < 4.78 is 14.9. The zero-order valence-electron chi connectivity index (χ0n) is 16.1. The smallest absolute Gasteiger partial charge is 0.258 e. The van der Waals surface area contributed by atoms with E-state index in [1.54, 1.807) is 12.1 Å². The standard InChI is InChI=1S/C23H14ClFN2O4/c1-12(28)27(24)18-11-10-16-19(22(30)14-7-3-2-6-13(14)21(16)29)20(18)26-23(31)15-8-4-5-9-17(15)25/h2-11H,1H3,(H,26,31). The van der Waals surface area contributed by atoms with Gasteiger partial charge in [-0.3, -0.25) is 19.2 Å². The first-order chi connectivity index (χ1) is 14.8. The lowest BCUT2D eigenvalue weighted by molar-refractivity contribution is -0.115. The van der Waals surface area contributed by atoms with Crippen molar-refractivity contribution in [1.82, 2.24) is 0 Å². The van der Waals surface area contributed by atoms with Gasteiger partial charge in [-0.05, 0) is 24.3 Å². The number of hydrogen-bond donors (Lipinski definition) is 1. The molecule has 3 aromatic carbocycles. The van der Waals surface area contributed by atoms with E-state index in [-0.39, 0.29) is 39.2 Å². The van der Waals surface area contributed by atoms with Gasteiger partial charge in [-0.15, -0.1) is 0 Å². The second-order valence-corrected chi connectivity index (χ2v) is 7.16. The molecule has 0 saturated heterocycles. The molecule has 0 atom stereocenters. The topological polar surface area (TPSA) is 83.6 Å². The highest BCUT2D eigenvalue weighted by atomic mass is 35.5. The van der Waals surface area contributed by atoms with Crippen molar-refractivity contribution < 1.29 is 23.6 Å². The fourth-order valence-corrected chi connectivity index (χ4v) is 3.60. The molecule has 0 radical (unpaired) electrons. The zero-order chi connectivity index (χ0) is 22.3. The number of nitrogens with zero attached hydrogens (tertiary/aromatic N) is 1. The largest absolute Gasteiger partial charge is 0.319 e. The number of nitrogens with one attached hydrogen (secondary N) is 1. The van der Waals surface area contributed by atoms with Gasteiger partial charge in [0.15, 0.2) is 11.6 Å². The minimum atomic E-state index is -0.861. The van der Waals surface area contributed by atoms with Gasteiger partial charge in [0.25, 0.3) is 5.91 Å². The lowest BCUT2D eigenvalue weighted by Gasteiger charge is -2.24. The molecule has 0 spiro atoms. The minimum Gasteiger partial charge on any atom is -0.319 e. The molecule has 0 fully saturated rings. The second-order valence-electron chi connectivity index (χ2n) is 6.82. The second kappa shape index (κ2) is 7.77. The number of benzene rings is 3. The van der Waals surface area contributed by atoms with E-state index >= 15 is 0 Å². The van der Waals surface area contributed by atoms with Crippen LogP contribution in [-0.2, 0) is 4.79 Å². The third kappa shape index (κ3) is 3.39. The monoisotopic (exact) mass is 436 g/mol. The van der Waals surface area contributed by atoms with E-state index in [4.69, 9.17) is 11.8 Å². The maximum absolute atomic E-state index is 14.1. The molecule has 0 bridgehead atoms. The van der Waals surface area contributed by atoms with Gasteiger partial charge in [-0.2, -0.15) is 0 Å². The lowest BCUT2D eigenvalue weighted by atomic mass is 9.82. The molecular formula is C23H14ClFN2O4. The average Bonchev–Trinajstić information content (AvgIpc) is 2.77. The highest BCUT2D eigenvalue weighted by Crippen LogP contribution is 2.39. The summed E-state index contributed by atoms with van der Waals surface area (Å²) in [6.07, 6.45) is 0. The fourth-order valence-electron chi connectivity index (χ4n) is 3.46. The molecule has 2 amide bonds. The van der Waals surface area contributed by atoms with Gasteiger partial charge in [0.2, 0.25) is 5.91 Å². The van der Waals surface area contributed by atoms with Crippen LogP contribution in [-0.4, -0.2) is 23.4 Å². The number of carbonyl (C=O) groups is 4. The van der Waals surface area contributed by atoms with Gasteiger partial charge in [0, 0.05) is 35.4 Å². The summed E-state index contributed by atoms with van der Waals surface area (Å²) in [6.45, 7) is 1.19. The SMILES string of the molecule is CC(=O)N(Cl)c1ccc2c(c1NC(=O)c1ccccc1F)C(=O)c1ccccc1C2=O. The van der Waals surface area contributed by atoms with Crippen LogP contribution in [0.15, 0.2) is 60.7 Å². The number of amides is 2. The number of carbonyl (C=O) groups excluding carboxylic acids is 4. The lowest BCUT2D eigenvalue weighted by Crippen LogP contribution is -2.27. The van der Waals surface area contributed by atoms with Gasteiger partial charge in [-0.25, -0.2) is 8.81 Å². The van der Waals surface area contributed by atoms with E-state index in [9.17, 15) is 23.6 Å². The van der Waals surface area contributed by atoms with Crippen molar-refractivity contribution in [2.45, 2.75) is 6.92 Å². The van der Waals surface area contributed by atoms with E-state index in [2.05, 4.69) is 5.32 Å². The molecule has 1 aliphatic rings. The fraction of sp³-hybridized carbons (Fsp3) is 0.0435. The van der Waals surface area contributed by atoms with Crippen LogP contribution in [0.3, 0.4) is 0 Å². The Bertz CT molecular complexity index is 1290. The molecule has 0 saturated carbocycles. The van der Waals surface area contributed by atoms with Crippen molar-refractivity contribution in [1.29, 1.82) is 0 Å². The molecule has 0 unspecified atom stereocenters. The van der Waals surface area contributed by atoms with Gasteiger partial charge in [-0.1, -0.05) is 36.4 Å². The maximum atomic E-state index is 14.1. The number of fused-ring (bicyclic) bond motifs is 2. The van der Waals surface area contributed by atoms with Crippen LogP contribution in [0.4, 0.5) is 15.8 Å². The quantitative estimate of drug-likeness (QED) is 0.484.